The Labute approximate surface area is 188 Å². The molecule has 6 nitrogen and oxygen atoms in total. The van der Waals surface area contributed by atoms with Gasteiger partial charge in [0.15, 0.2) is 0 Å². The van der Waals surface area contributed by atoms with Gasteiger partial charge in [0.25, 0.3) is 11.8 Å². The van der Waals surface area contributed by atoms with Crippen LogP contribution in [-0.2, 0) is 6.54 Å². The van der Waals surface area contributed by atoms with Crippen LogP contribution in [0.25, 0.3) is 10.9 Å². The molecule has 164 valence electrons. The Morgan fingerprint density at radius 2 is 1.72 bits per heavy atom. The van der Waals surface area contributed by atoms with Crippen LogP contribution in [0, 0.1) is 0 Å². The topological polar surface area (TPSA) is 65.5 Å². The molecule has 1 aromatic heterocycles. The number of nitrogens with zero attached hydrogens (tertiary/aromatic N) is 3. The number of nitrogens with one attached hydrogen (secondary N) is 1. The van der Waals surface area contributed by atoms with Crippen LogP contribution in [0.4, 0.5) is 0 Å². The molecule has 6 heteroatoms. The number of hydrogen-bond acceptors (Lipinski definition) is 4. The van der Waals surface area contributed by atoms with E-state index in [0.717, 1.165) is 61.2 Å². The lowest BCUT2D eigenvalue weighted by Gasteiger charge is -2.32. The number of pyridine rings is 1. The molecule has 32 heavy (non-hydrogen) atoms. The summed E-state index contributed by atoms with van der Waals surface area (Å²) in [6, 6.07) is 17.3. The normalized spacial score (nSPS) is 16.8. The van der Waals surface area contributed by atoms with Gasteiger partial charge in [0.2, 0.25) is 0 Å². The molecule has 0 spiro atoms. The summed E-state index contributed by atoms with van der Waals surface area (Å²) in [5.74, 6) is 0.462. The molecule has 0 radical (unpaired) electrons. The largest absolute Gasteiger partial charge is 0.348 e. The molecule has 1 saturated carbocycles. The van der Waals surface area contributed by atoms with E-state index in [1.165, 1.54) is 0 Å². The van der Waals surface area contributed by atoms with Gasteiger partial charge in [0, 0.05) is 55.3 Å². The monoisotopic (exact) mass is 428 g/mol. The van der Waals surface area contributed by atoms with Crippen molar-refractivity contribution < 1.29 is 9.59 Å². The van der Waals surface area contributed by atoms with Crippen LogP contribution in [0.15, 0.2) is 54.6 Å². The Balaban J connectivity index is 1.26. The van der Waals surface area contributed by atoms with E-state index >= 15 is 0 Å². The van der Waals surface area contributed by atoms with Crippen molar-refractivity contribution in [3.63, 3.8) is 0 Å². The van der Waals surface area contributed by atoms with Gasteiger partial charge < -0.3 is 15.1 Å². The highest BCUT2D eigenvalue weighted by molar-refractivity contribution is 6.06. The maximum Gasteiger partial charge on any atom is 0.253 e. The molecule has 5 rings (SSSR count). The zero-order valence-electron chi connectivity index (χ0n) is 18.4. The van der Waals surface area contributed by atoms with Crippen LogP contribution in [-0.4, -0.2) is 59.8 Å². The van der Waals surface area contributed by atoms with Crippen molar-refractivity contribution in [3.05, 3.63) is 77.0 Å². The molecule has 1 N–H and O–H groups in total. The first-order valence-electron chi connectivity index (χ1n) is 11.3. The minimum Gasteiger partial charge on any atom is -0.348 e. The van der Waals surface area contributed by atoms with Crippen LogP contribution >= 0.6 is 0 Å². The van der Waals surface area contributed by atoms with Crippen LogP contribution in [0.2, 0.25) is 0 Å². The zero-order chi connectivity index (χ0) is 22.1. The van der Waals surface area contributed by atoms with E-state index in [2.05, 4.69) is 17.3 Å². The number of hydrogen-bond donors (Lipinski definition) is 1. The van der Waals surface area contributed by atoms with Gasteiger partial charge in [0.1, 0.15) is 0 Å². The third-order valence-corrected chi connectivity index (χ3v) is 6.42. The second-order valence-electron chi connectivity index (χ2n) is 8.86. The van der Waals surface area contributed by atoms with Crippen LogP contribution in [0.5, 0.6) is 0 Å². The molecule has 2 aliphatic rings. The Morgan fingerprint density at radius 1 is 1.00 bits per heavy atom. The van der Waals surface area contributed by atoms with Gasteiger partial charge in [-0.3, -0.25) is 14.6 Å². The highest BCUT2D eigenvalue weighted by atomic mass is 16.2. The van der Waals surface area contributed by atoms with E-state index in [9.17, 15) is 9.59 Å². The summed E-state index contributed by atoms with van der Waals surface area (Å²) < 4.78 is 0. The summed E-state index contributed by atoms with van der Waals surface area (Å²) in [4.78, 5) is 34.6. The molecule has 1 aliphatic carbocycles. The van der Waals surface area contributed by atoms with Gasteiger partial charge in [-0.15, -0.1) is 0 Å². The fourth-order valence-corrected chi connectivity index (χ4v) is 4.21. The quantitative estimate of drug-likeness (QED) is 0.676. The second kappa shape index (κ2) is 8.71. The zero-order valence-corrected chi connectivity index (χ0v) is 18.4. The minimum absolute atomic E-state index is 0.0737. The standard InChI is InChI=1S/C26H28N4O2/c1-29-12-14-30(15-13-29)26(32)20-8-6-18(7-9-20)17-27-25(31)22-16-24(19-10-11-19)28-23-5-3-2-4-21(22)23/h2-9,16,19H,10-15,17H2,1H3,(H,27,31). The average molecular weight is 429 g/mol. The predicted octanol–water partition coefficient (Wildman–Crippen LogP) is 3.43. The minimum atomic E-state index is -0.0944. The number of fused-ring (bicyclic) bond motifs is 1. The number of carbonyl (C=O) groups is 2. The predicted molar refractivity (Wildman–Crippen MR) is 125 cm³/mol. The third kappa shape index (κ3) is 4.36. The van der Waals surface area contributed by atoms with Gasteiger partial charge in [-0.1, -0.05) is 30.3 Å². The lowest BCUT2D eigenvalue weighted by Crippen LogP contribution is -2.47. The van der Waals surface area contributed by atoms with Crippen LogP contribution < -0.4 is 5.32 Å². The van der Waals surface area contributed by atoms with Crippen LogP contribution in [0.3, 0.4) is 0 Å². The van der Waals surface area contributed by atoms with Crippen molar-refractivity contribution in [2.45, 2.75) is 25.3 Å². The number of benzene rings is 2. The number of para-hydroxylation sites is 1. The van der Waals surface area contributed by atoms with E-state index in [1.54, 1.807) is 0 Å². The first-order chi connectivity index (χ1) is 15.6. The number of aromatic nitrogens is 1. The second-order valence-corrected chi connectivity index (χ2v) is 8.86. The Kier molecular flexibility index (Phi) is 5.62. The fourth-order valence-electron chi connectivity index (χ4n) is 4.21. The molecule has 0 atom stereocenters. The third-order valence-electron chi connectivity index (χ3n) is 6.42. The highest BCUT2D eigenvalue weighted by Gasteiger charge is 2.27. The Morgan fingerprint density at radius 3 is 2.44 bits per heavy atom. The van der Waals surface area contributed by atoms with E-state index < -0.39 is 0 Å². The lowest BCUT2D eigenvalue weighted by atomic mass is 10.0. The number of likely N-dealkylation sites (N-methyl/N-ethyl adjacent to an activating group) is 1. The lowest BCUT2D eigenvalue weighted by molar-refractivity contribution is 0.0664. The molecule has 1 saturated heterocycles. The summed E-state index contributed by atoms with van der Waals surface area (Å²) in [5.41, 5.74) is 4.22. The van der Waals surface area contributed by atoms with Crippen LogP contribution in [0.1, 0.15) is 50.7 Å². The summed E-state index contributed by atoms with van der Waals surface area (Å²) in [6.45, 7) is 3.74. The maximum absolute atomic E-state index is 13.0. The van der Waals surface area contributed by atoms with Gasteiger partial charge in [0.05, 0.1) is 11.1 Å². The Bertz CT molecular complexity index is 1150. The molecular formula is C26H28N4O2. The summed E-state index contributed by atoms with van der Waals surface area (Å²) in [7, 11) is 2.08. The van der Waals surface area contributed by atoms with E-state index in [0.29, 0.717) is 23.6 Å². The van der Waals surface area contributed by atoms with Gasteiger partial charge in [-0.05, 0) is 49.7 Å². The molecular weight excluding hydrogens is 400 g/mol. The number of rotatable bonds is 5. The van der Waals surface area contributed by atoms with E-state index in [-0.39, 0.29) is 11.8 Å². The Hall–Kier alpha value is -3.25. The fraction of sp³-hybridized carbons (Fsp3) is 0.346. The number of piperazine rings is 1. The van der Waals surface area contributed by atoms with Crippen molar-refractivity contribution in [2.24, 2.45) is 0 Å². The summed E-state index contributed by atoms with van der Waals surface area (Å²) >= 11 is 0. The van der Waals surface area contributed by atoms with Crippen molar-refractivity contribution in [2.75, 3.05) is 33.2 Å². The first kappa shape index (κ1) is 20.6. The van der Waals surface area contributed by atoms with Crippen molar-refractivity contribution >= 4 is 22.7 Å². The van der Waals surface area contributed by atoms with E-state index in [4.69, 9.17) is 4.98 Å². The average Bonchev–Trinajstić information content (AvgIpc) is 3.68. The van der Waals surface area contributed by atoms with Gasteiger partial charge in [-0.2, -0.15) is 0 Å². The van der Waals surface area contributed by atoms with Crippen molar-refractivity contribution in [1.29, 1.82) is 0 Å². The number of amides is 2. The molecule has 3 aromatic rings. The molecule has 1 aliphatic heterocycles. The number of carbonyl (C=O) groups excluding carboxylic acids is 2. The molecule has 2 aromatic carbocycles. The van der Waals surface area contributed by atoms with Crippen molar-refractivity contribution in [1.82, 2.24) is 20.1 Å². The highest BCUT2D eigenvalue weighted by Crippen LogP contribution is 2.40. The summed E-state index contributed by atoms with van der Waals surface area (Å²) in [6.07, 6.45) is 2.29. The maximum atomic E-state index is 13.0. The molecule has 2 fully saturated rings. The van der Waals surface area contributed by atoms with E-state index in [1.807, 2.05) is 59.5 Å². The smallest absolute Gasteiger partial charge is 0.253 e. The molecule has 0 bridgehead atoms. The van der Waals surface area contributed by atoms with Gasteiger partial charge >= 0.3 is 0 Å². The van der Waals surface area contributed by atoms with Crippen molar-refractivity contribution in [3.8, 4) is 0 Å². The SMILES string of the molecule is CN1CCN(C(=O)c2ccc(CNC(=O)c3cc(C4CC4)nc4ccccc34)cc2)CC1. The van der Waals surface area contributed by atoms with Gasteiger partial charge in [-0.25, -0.2) is 0 Å². The molecule has 2 amide bonds. The first-order valence-corrected chi connectivity index (χ1v) is 11.3. The summed E-state index contributed by atoms with van der Waals surface area (Å²) in [5, 5.41) is 3.92. The molecule has 2 heterocycles. The molecule has 0 unspecified atom stereocenters.